The van der Waals surface area contributed by atoms with Crippen LogP contribution in [0, 0.1) is 0 Å². The number of unbranched alkanes of at least 4 members (excludes halogenated alkanes) is 11. The minimum absolute atomic E-state index is 1.22. The van der Waals surface area contributed by atoms with Crippen molar-refractivity contribution in [3.8, 4) is 9.88 Å². The summed E-state index contributed by atoms with van der Waals surface area (Å²) < 4.78 is 1.55. The van der Waals surface area contributed by atoms with Crippen LogP contribution in [0.4, 0.5) is 0 Å². The van der Waals surface area contributed by atoms with Crippen molar-refractivity contribution in [3.63, 3.8) is 0 Å². The average molecular weight is 482 g/mol. The molecule has 2 radical (unpaired) electrons. The second-order valence-electron chi connectivity index (χ2n) is 6.98. The van der Waals surface area contributed by atoms with Gasteiger partial charge in [0, 0.05) is 0 Å². The van der Waals surface area contributed by atoms with Gasteiger partial charge in [-0.3, -0.25) is 0 Å². The van der Waals surface area contributed by atoms with Crippen LogP contribution in [0.25, 0.3) is 9.88 Å². The number of nitrogens with zero attached hydrogens (tertiary/aromatic N) is 1. The Balaban J connectivity index is 1.51. The molecule has 0 spiro atoms. The minimum atomic E-state index is 1.22. The van der Waals surface area contributed by atoms with Crippen LogP contribution in [0.15, 0.2) is 17.6 Å². The Morgan fingerprint density at radius 1 is 0.880 bits per heavy atom. The summed E-state index contributed by atoms with van der Waals surface area (Å²) in [5.74, 6) is 0. The number of hydrogen-bond donors (Lipinski definition) is 0. The maximum atomic E-state index is 4.51. The van der Waals surface area contributed by atoms with Crippen molar-refractivity contribution in [1.29, 1.82) is 0 Å². The van der Waals surface area contributed by atoms with Gasteiger partial charge in [-0.2, -0.15) is 0 Å². The number of aryl methyl sites for hydroxylation is 1. The molecule has 0 amide bonds. The summed E-state index contributed by atoms with van der Waals surface area (Å²) in [4.78, 5) is 5.96. The van der Waals surface area contributed by atoms with Crippen LogP contribution in [0.1, 0.15) is 89.5 Å². The van der Waals surface area contributed by atoms with Gasteiger partial charge in [-0.05, 0) is 0 Å². The molecular formula is C21H33NS2Sn. The van der Waals surface area contributed by atoms with Crippen molar-refractivity contribution in [1.82, 2.24) is 4.98 Å². The first-order valence-corrected chi connectivity index (χ1v) is 13.4. The molecule has 0 aliphatic heterocycles. The van der Waals surface area contributed by atoms with E-state index in [-0.39, 0.29) is 0 Å². The number of thiazole rings is 1. The van der Waals surface area contributed by atoms with E-state index >= 15 is 0 Å². The third kappa shape index (κ3) is 8.57. The molecular weight excluding hydrogens is 449 g/mol. The predicted octanol–water partition coefficient (Wildman–Crippen LogP) is 6.64. The van der Waals surface area contributed by atoms with Gasteiger partial charge >= 0.3 is 144 Å². The van der Waals surface area contributed by atoms with Crippen LogP contribution in [0.5, 0.6) is 0 Å². The SMILES string of the molecule is CCCCCCCCCCCCCCc1c[c]([SnH])sc1-c1nccs1. The molecule has 2 aromatic rings. The van der Waals surface area contributed by atoms with Gasteiger partial charge in [-0.25, -0.2) is 0 Å². The van der Waals surface area contributed by atoms with Gasteiger partial charge in [0.05, 0.1) is 0 Å². The van der Waals surface area contributed by atoms with E-state index in [4.69, 9.17) is 0 Å². The van der Waals surface area contributed by atoms with Gasteiger partial charge in [-0.15, -0.1) is 0 Å². The van der Waals surface area contributed by atoms with Gasteiger partial charge in [0.2, 0.25) is 0 Å². The number of thiophene rings is 1. The molecule has 0 atom stereocenters. The molecule has 0 unspecified atom stereocenters. The first-order chi connectivity index (χ1) is 12.3. The Labute approximate surface area is 175 Å². The fraction of sp³-hybridized carbons (Fsp3) is 0.667. The molecule has 1 nitrogen and oxygen atoms in total. The van der Waals surface area contributed by atoms with Crippen molar-refractivity contribution >= 4 is 48.1 Å². The second-order valence-corrected chi connectivity index (χ2v) is 11.9. The molecule has 2 aromatic heterocycles. The van der Waals surface area contributed by atoms with Crippen molar-refractivity contribution in [3.05, 3.63) is 23.2 Å². The van der Waals surface area contributed by atoms with Crippen LogP contribution in [-0.4, -0.2) is 27.5 Å². The zero-order valence-corrected chi connectivity index (χ0v) is 20.7. The fourth-order valence-electron chi connectivity index (χ4n) is 3.31. The number of hydrogen-bond acceptors (Lipinski definition) is 3. The van der Waals surface area contributed by atoms with E-state index in [2.05, 4.69) is 23.4 Å². The number of rotatable bonds is 14. The Morgan fingerprint density at radius 2 is 1.48 bits per heavy atom. The van der Waals surface area contributed by atoms with Crippen LogP contribution >= 0.6 is 22.7 Å². The summed E-state index contributed by atoms with van der Waals surface area (Å²) in [5, 5.41) is 3.31. The van der Waals surface area contributed by atoms with E-state index in [0.29, 0.717) is 0 Å². The molecule has 138 valence electrons. The molecule has 0 aliphatic carbocycles. The summed E-state index contributed by atoms with van der Waals surface area (Å²) in [6.07, 6.45) is 20.3. The molecule has 0 N–H and O–H groups in total. The molecule has 0 bridgehead atoms. The molecule has 0 fully saturated rings. The normalized spacial score (nSPS) is 11.3. The molecule has 0 saturated carbocycles. The standard InChI is InChI=1S/C21H32NS2.Sn.H/c1-2-3-4-5-6-7-8-9-10-11-12-13-14-19-15-17-23-20(19)21-22-16-18-24-21;;/h15-16,18H,2-14H2,1H3;;. The van der Waals surface area contributed by atoms with Gasteiger partial charge in [-0.1, -0.05) is 32.6 Å². The first kappa shape index (κ1) is 21.4. The van der Waals surface area contributed by atoms with E-state index in [1.54, 1.807) is 19.8 Å². The summed E-state index contributed by atoms with van der Waals surface area (Å²) in [7, 11) is 0. The van der Waals surface area contributed by atoms with E-state index in [1.165, 1.54) is 116 Å². The van der Waals surface area contributed by atoms with Gasteiger partial charge in [0.1, 0.15) is 0 Å². The monoisotopic (exact) mass is 483 g/mol. The van der Waals surface area contributed by atoms with Crippen molar-refractivity contribution in [2.75, 3.05) is 0 Å². The van der Waals surface area contributed by atoms with Gasteiger partial charge < -0.3 is 0 Å². The van der Waals surface area contributed by atoms with Gasteiger partial charge in [0.15, 0.2) is 0 Å². The quantitative estimate of drug-likeness (QED) is 0.217. The zero-order valence-electron chi connectivity index (χ0n) is 15.8. The Hall–Kier alpha value is 0.129. The third-order valence-corrected chi connectivity index (χ3v) is 8.17. The molecule has 2 heterocycles. The van der Waals surface area contributed by atoms with Crippen molar-refractivity contribution in [2.45, 2.75) is 90.4 Å². The maximum absolute atomic E-state index is 4.51. The molecule has 25 heavy (non-hydrogen) atoms. The molecule has 0 aromatic carbocycles. The summed E-state index contributed by atoms with van der Waals surface area (Å²) in [6, 6.07) is 2.43. The van der Waals surface area contributed by atoms with Crippen LogP contribution in [-0.2, 0) is 6.42 Å². The third-order valence-electron chi connectivity index (χ3n) is 4.75. The van der Waals surface area contributed by atoms with Crippen LogP contribution in [0.2, 0.25) is 0 Å². The summed E-state index contributed by atoms with van der Waals surface area (Å²) >= 11 is 4.97. The van der Waals surface area contributed by atoms with E-state index in [9.17, 15) is 0 Å². The predicted molar refractivity (Wildman–Crippen MR) is 117 cm³/mol. The summed E-state index contributed by atoms with van der Waals surface area (Å²) in [6.45, 7) is 2.29. The van der Waals surface area contributed by atoms with Crippen LogP contribution in [0.3, 0.4) is 0 Å². The van der Waals surface area contributed by atoms with E-state index in [1.807, 2.05) is 17.5 Å². The Kier molecular flexibility index (Phi) is 11.4. The fourth-order valence-corrected chi connectivity index (χ4v) is 6.64. The Morgan fingerprint density at radius 3 is 2.04 bits per heavy atom. The number of aromatic nitrogens is 1. The van der Waals surface area contributed by atoms with Crippen molar-refractivity contribution < 1.29 is 0 Å². The first-order valence-electron chi connectivity index (χ1n) is 10.1. The zero-order chi connectivity index (χ0) is 17.7. The van der Waals surface area contributed by atoms with Crippen molar-refractivity contribution in [2.24, 2.45) is 0 Å². The van der Waals surface area contributed by atoms with Gasteiger partial charge in [0.25, 0.3) is 0 Å². The van der Waals surface area contributed by atoms with E-state index in [0.717, 1.165) is 0 Å². The second kappa shape index (κ2) is 13.3. The van der Waals surface area contributed by atoms with E-state index < -0.39 is 0 Å². The molecule has 0 saturated heterocycles. The molecule has 4 heteroatoms. The topological polar surface area (TPSA) is 12.9 Å². The van der Waals surface area contributed by atoms with Crippen LogP contribution < -0.4 is 2.89 Å². The molecule has 0 aliphatic rings. The summed E-state index contributed by atoms with van der Waals surface area (Å²) in [5.41, 5.74) is 1.55. The average Bonchev–Trinajstić information content (AvgIpc) is 3.25. The molecule has 2 rings (SSSR count). The Bertz CT molecular complexity index is 562.